The number of hydroxylamine groups is 2. The maximum Gasteiger partial charge on any atom is 0.145 e. The summed E-state index contributed by atoms with van der Waals surface area (Å²) in [6.45, 7) is 2.93. The van der Waals surface area contributed by atoms with Gasteiger partial charge in [-0.1, -0.05) is 42.5 Å². The zero-order valence-corrected chi connectivity index (χ0v) is 8.68. The van der Waals surface area contributed by atoms with E-state index in [0.29, 0.717) is 6.04 Å². The van der Waals surface area contributed by atoms with Gasteiger partial charge < -0.3 is 0 Å². The number of fused-ring (bicyclic) bond motifs is 1. The Kier molecular flexibility index (Phi) is 1.97. The Morgan fingerprint density at radius 2 is 1.87 bits per heavy atom. The zero-order valence-electron chi connectivity index (χ0n) is 8.68. The summed E-state index contributed by atoms with van der Waals surface area (Å²) in [6, 6.07) is 15.3. The Labute approximate surface area is 89.0 Å². The molecule has 2 heteroatoms. The molecule has 1 saturated heterocycles. The summed E-state index contributed by atoms with van der Waals surface area (Å²) < 4.78 is 0. The Balaban J connectivity index is 2.16. The molecule has 0 aromatic heterocycles. The summed E-state index contributed by atoms with van der Waals surface area (Å²) in [6.07, 6.45) is 0. The van der Waals surface area contributed by atoms with E-state index >= 15 is 0 Å². The molecule has 2 aromatic carbocycles. The van der Waals surface area contributed by atoms with Gasteiger partial charge >= 0.3 is 0 Å². The number of hydrogen-bond acceptors (Lipinski definition) is 2. The molecule has 0 amide bonds. The number of nitrogens with zero attached hydrogens (tertiary/aromatic N) is 1. The summed E-state index contributed by atoms with van der Waals surface area (Å²) in [7, 11) is 0. The van der Waals surface area contributed by atoms with Crippen LogP contribution >= 0.6 is 0 Å². The van der Waals surface area contributed by atoms with Gasteiger partial charge in [0.25, 0.3) is 0 Å². The second-order valence-corrected chi connectivity index (χ2v) is 3.92. The van der Waals surface area contributed by atoms with Gasteiger partial charge in [0, 0.05) is 0 Å². The van der Waals surface area contributed by atoms with E-state index in [1.807, 2.05) is 5.06 Å². The van der Waals surface area contributed by atoms with Crippen LogP contribution in [0.3, 0.4) is 0 Å². The van der Waals surface area contributed by atoms with Crippen molar-refractivity contribution in [3.8, 4) is 0 Å². The Hall–Kier alpha value is -1.38. The largest absolute Gasteiger partial charge is 0.278 e. The van der Waals surface area contributed by atoms with Gasteiger partial charge in [0.1, 0.15) is 6.73 Å². The fraction of sp³-hybridized carbons (Fsp3) is 0.231. The molecule has 0 spiro atoms. The molecular weight excluding hydrogens is 186 g/mol. The van der Waals surface area contributed by atoms with E-state index in [9.17, 15) is 0 Å². The highest BCUT2D eigenvalue weighted by molar-refractivity contribution is 5.86. The van der Waals surface area contributed by atoms with Crippen molar-refractivity contribution >= 4 is 10.8 Å². The third-order valence-electron chi connectivity index (χ3n) is 2.98. The quantitative estimate of drug-likeness (QED) is 0.690. The second-order valence-electron chi connectivity index (χ2n) is 3.92. The SMILES string of the molecule is CC(c1cccc2ccccc12)N1CO1. The van der Waals surface area contributed by atoms with Crippen molar-refractivity contribution in [1.29, 1.82) is 0 Å². The van der Waals surface area contributed by atoms with E-state index in [1.54, 1.807) is 0 Å². The van der Waals surface area contributed by atoms with Crippen molar-refractivity contribution in [3.05, 3.63) is 48.0 Å². The third kappa shape index (κ3) is 1.52. The predicted octanol–water partition coefficient (Wildman–Crippen LogP) is 3.11. The normalized spacial score (nSPS) is 21.5. The van der Waals surface area contributed by atoms with Crippen LogP contribution in [0.15, 0.2) is 42.5 Å². The minimum absolute atomic E-state index is 0.344. The van der Waals surface area contributed by atoms with E-state index in [4.69, 9.17) is 4.84 Å². The molecule has 0 radical (unpaired) electrons. The summed E-state index contributed by atoms with van der Waals surface area (Å²) in [5.74, 6) is 0. The van der Waals surface area contributed by atoms with Gasteiger partial charge in [-0.05, 0) is 23.3 Å². The first-order chi connectivity index (χ1) is 7.36. The van der Waals surface area contributed by atoms with Gasteiger partial charge in [-0.15, -0.1) is 0 Å². The average Bonchev–Trinajstić information content (AvgIpc) is 3.11. The predicted molar refractivity (Wildman–Crippen MR) is 60.2 cm³/mol. The average molecular weight is 199 g/mol. The monoisotopic (exact) mass is 199 g/mol. The lowest BCUT2D eigenvalue weighted by Gasteiger charge is -2.12. The number of hydrogen-bond donors (Lipinski definition) is 0. The van der Waals surface area contributed by atoms with Crippen LogP contribution in [0.1, 0.15) is 18.5 Å². The van der Waals surface area contributed by atoms with Crippen LogP contribution in [-0.4, -0.2) is 11.8 Å². The maximum atomic E-state index is 5.21. The fourth-order valence-electron chi connectivity index (χ4n) is 2.03. The van der Waals surface area contributed by atoms with Gasteiger partial charge in [0.05, 0.1) is 6.04 Å². The highest BCUT2D eigenvalue weighted by Crippen LogP contribution is 2.31. The molecule has 1 aliphatic heterocycles. The van der Waals surface area contributed by atoms with E-state index in [-0.39, 0.29) is 0 Å². The topological polar surface area (TPSA) is 15.5 Å². The van der Waals surface area contributed by atoms with E-state index in [2.05, 4.69) is 49.4 Å². The van der Waals surface area contributed by atoms with Gasteiger partial charge in [-0.25, -0.2) is 0 Å². The van der Waals surface area contributed by atoms with Crippen molar-refractivity contribution in [3.63, 3.8) is 0 Å². The highest BCUT2D eigenvalue weighted by Gasteiger charge is 2.27. The molecule has 0 bridgehead atoms. The van der Waals surface area contributed by atoms with Gasteiger partial charge in [0.15, 0.2) is 0 Å². The molecule has 0 saturated carbocycles. The third-order valence-corrected chi connectivity index (χ3v) is 2.98. The molecule has 1 aliphatic rings. The smallest absolute Gasteiger partial charge is 0.145 e. The molecular formula is C13H13NO. The Morgan fingerprint density at radius 3 is 2.67 bits per heavy atom. The Bertz CT molecular complexity index is 485. The van der Waals surface area contributed by atoms with Crippen molar-refractivity contribution in [2.45, 2.75) is 13.0 Å². The molecule has 15 heavy (non-hydrogen) atoms. The molecule has 2 aromatic rings. The summed E-state index contributed by atoms with van der Waals surface area (Å²) in [5.41, 5.74) is 1.34. The molecule has 3 rings (SSSR count). The van der Waals surface area contributed by atoms with Crippen molar-refractivity contribution in [2.75, 3.05) is 6.73 Å². The minimum Gasteiger partial charge on any atom is -0.278 e. The highest BCUT2D eigenvalue weighted by atomic mass is 16.8. The van der Waals surface area contributed by atoms with Crippen LogP contribution in [0, 0.1) is 0 Å². The molecule has 0 N–H and O–H groups in total. The first kappa shape index (κ1) is 8.89. The summed E-state index contributed by atoms with van der Waals surface area (Å²) in [4.78, 5) is 5.21. The number of benzene rings is 2. The molecule has 76 valence electrons. The lowest BCUT2D eigenvalue weighted by Crippen LogP contribution is -2.04. The van der Waals surface area contributed by atoms with Crippen LogP contribution in [0.2, 0.25) is 0 Å². The fourth-order valence-corrected chi connectivity index (χ4v) is 2.03. The van der Waals surface area contributed by atoms with Crippen LogP contribution in [-0.2, 0) is 4.84 Å². The lowest BCUT2D eigenvalue weighted by atomic mass is 10.00. The standard InChI is InChI=1S/C13H13NO/c1-10(14-9-15-14)12-8-4-6-11-5-2-3-7-13(11)12/h2-8,10H,9H2,1H3. The first-order valence-corrected chi connectivity index (χ1v) is 5.23. The second kappa shape index (κ2) is 3.33. The maximum absolute atomic E-state index is 5.21. The van der Waals surface area contributed by atoms with Crippen LogP contribution in [0.5, 0.6) is 0 Å². The molecule has 2 atom stereocenters. The minimum atomic E-state index is 0.344. The molecule has 1 heterocycles. The van der Waals surface area contributed by atoms with E-state index < -0.39 is 0 Å². The van der Waals surface area contributed by atoms with Gasteiger partial charge in [-0.3, -0.25) is 4.84 Å². The van der Waals surface area contributed by atoms with Gasteiger partial charge in [-0.2, -0.15) is 5.06 Å². The van der Waals surface area contributed by atoms with Gasteiger partial charge in [0.2, 0.25) is 0 Å². The zero-order chi connectivity index (χ0) is 10.3. The summed E-state index contributed by atoms with van der Waals surface area (Å²) >= 11 is 0. The van der Waals surface area contributed by atoms with Crippen LogP contribution in [0.25, 0.3) is 10.8 Å². The Morgan fingerprint density at radius 1 is 1.13 bits per heavy atom. The summed E-state index contributed by atoms with van der Waals surface area (Å²) in [5, 5.41) is 4.61. The molecule has 0 aliphatic carbocycles. The molecule has 2 nitrogen and oxygen atoms in total. The molecule has 1 fully saturated rings. The molecule has 2 unspecified atom stereocenters. The van der Waals surface area contributed by atoms with Crippen molar-refractivity contribution in [2.24, 2.45) is 0 Å². The van der Waals surface area contributed by atoms with Crippen LogP contribution in [0.4, 0.5) is 0 Å². The van der Waals surface area contributed by atoms with Crippen LogP contribution < -0.4 is 0 Å². The van der Waals surface area contributed by atoms with Crippen molar-refractivity contribution in [1.82, 2.24) is 5.06 Å². The first-order valence-electron chi connectivity index (χ1n) is 5.23. The van der Waals surface area contributed by atoms with E-state index in [1.165, 1.54) is 16.3 Å². The van der Waals surface area contributed by atoms with E-state index in [0.717, 1.165) is 6.73 Å². The number of rotatable bonds is 2. The van der Waals surface area contributed by atoms with Crippen molar-refractivity contribution < 1.29 is 4.84 Å². The lowest BCUT2D eigenvalue weighted by molar-refractivity contribution is 0.157.